The third-order valence-electron chi connectivity index (χ3n) is 4.91. The maximum absolute atomic E-state index is 14.2. The van der Waals surface area contributed by atoms with E-state index in [0.717, 1.165) is 12.0 Å². The minimum atomic E-state index is -1.79. The number of hydrogen-bond acceptors (Lipinski definition) is 6. The van der Waals surface area contributed by atoms with Gasteiger partial charge in [-0.1, -0.05) is 18.2 Å². The molecule has 0 bridgehead atoms. The molecule has 7 nitrogen and oxygen atoms in total. The molecule has 2 N–H and O–H groups in total. The fraction of sp³-hybridized carbons (Fsp3) is 0.438. The summed E-state index contributed by atoms with van der Waals surface area (Å²) in [5.74, 6) is -4.71. The van der Waals surface area contributed by atoms with Crippen molar-refractivity contribution in [2.75, 3.05) is 20.8 Å². The van der Waals surface area contributed by atoms with Crippen LogP contribution < -0.4 is 5.32 Å². The molecule has 0 saturated carbocycles. The van der Waals surface area contributed by atoms with Crippen molar-refractivity contribution in [3.8, 4) is 0 Å². The summed E-state index contributed by atoms with van der Waals surface area (Å²) < 4.78 is 19.0. The summed E-state index contributed by atoms with van der Waals surface area (Å²) in [6.45, 7) is -0.751. The van der Waals surface area contributed by atoms with Crippen LogP contribution in [0.4, 0.5) is 4.39 Å². The SMILES string of the molecule is COC(=O)C1(CO)NC(c2ccccc2F)C2C(=O)N(C)C(=O)C21. The second kappa shape index (κ2) is 5.64. The third kappa shape index (κ3) is 1.99. The van der Waals surface area contributed by atoms with E-state index in [1.807, 2.05) is 0 Å². The predicted molar refractivity (Wildman–Crippen MR) is 78.9 cm³/mol. The summed E-state index contributed by atoms with van der Waals surface area (Å²) in [7, 11) is 2.43. The van der Waals surface area contributed by atoms with Gasteiger partial charge >= 0.3 is 5.97 Å². The van der Waals surface area contributed by atoms with Crippen LogP contribution in [0.1, 0.15) is 11.6 Å². The normalized spacial score (nSPS) is 32.2. The molecule has 4 atom stereocenters. The van der Waals surface area contributed by atoms with Gasteiger partial charge in [0.25, 0.3) is 0 Å². The van der Waals surface area contributed by atoms with E-state index < -0.39 is 53.6 Å². The van der Waals surface area contributed by atoms with Crippen LogP contribution in [-0.2, 0) is 19.1 Å². The number of aliphatic hydroxyl groups excluding tert-OH is 1. The number of benzene rings is 1. The Hall–Kier alpha value is -2.32. The zero-order valence-electron chi connectivity index (χ0n) is 13.2. The molecule has 1 aromatic rings. The molecule has 24 heavy (non-hydrogen) atoms. The number of aliphatic hydroxyl groups is 1. The Morgan fingerprint density at radius 3 is 2.62 bits per heavy atom. The van der Waals surface area contributed by atoms with Crippen LogP contribution >= 0.6 is 0 Å². The quantitative estimate of drug-likeness (QED) is 0.576. The Labute approximate surface area is 137 Å². The summed E-state index contributed by atoms with van der Waals surface area (Å²) in [6, 6.07) is 4.87. The fourth-order valence-corrected chi connectivity index (χ4v) is 3.72. The Morgan fingerprint density at radius 1 is 1.38 bits per heavy atom. The number of carbonyl (C=O) groups is 3. The van der Waals surface area contributed by atoms with Crippen LogP contribution in [0.15, 0.2) is 24.3 Å². The Balaban J connectivity index is 2.17. The number of likely N-dealkylation sites (tertiary alicyclic amines) is 1. The monoisotopic (exact) mass is 336 g/mol. The molecule has 2 aliphatic heterocycles. The Kier molecular flexibility index (Phi) is 3.89. The van der Waals surface area contributed by atoms with Gasteiger partial charge in [0.2, 0.25) is 11.8 Å². The number of amides is 2. The molecule has 2 amide bonds. The maximum atomic E-state index is 14.2. The molecule has 2 heterocycles. The van der Waals surface area contributed by atoms with Crippen molar-refractivity contribution in [3.05, 3.63) is 35.6 Å². The lowest BCUT2D eigenvalue weighted by Crippen LogP contribution is -2.58. The van der Waals surface area contributed by atoms with Gasteiger partial charge in [0.1, 0.15) is 5.82 Å². The highest BCUT2D eigenvalue weighted by atomic mass is 19.1. The van der Waals surface area contributed by atoms with E-state index in [4.69, 9.17) is 4.74 Å². The molecular formula is C16H17FN2O5. The molecule has 0 spiro atoms. The first kappa shape index (κ1) is 16.5. The third-order valence-corrected chi connectivity index (χ3v) is 4.91. The molecule has 4 unspecified atom stereocenters. The minimum Gasteiger partial charge on any atom is -0.468 e. The summed E-state index contributed by atoms with van der Waals surface area (Å²) in [4.78, 5) is 38.2. The lowest BCUT2D eigenvalue weighted by Gasteiger charge is -2.29. The van der Waals surface area contributed by atoms with Crippen LogP contribution in [-0.4, -0.2) is 54.1 Å². The van der Waals surface area contributed by atoms with E-state index in [-0.39, 0.29) is 5.56 Å². The smallest absolute Gasteiger partial charge is 0.329 e. The van der Waals surface area contributed by atoms with Crippen LogP contribution in [0.5, 0.6) is 0 Å². The Morgan fingerprint density at radius 2 is 2.04 bits per heavy atom. The molecule has 3 rings (SSSR count). The first-order chi connectivity index (χ1) is 11.4. The molecule has 1 aromatic carbocycles. The average Bonchev–Trinajstić information content (AvgIpc) is 3.05. The number of nitrogens with one attached hydrogen (secondary N) is 1. The van der Waals surface area contributed by atoms with Crippen LogP contribution in [0.3, 0.4) is 0 Å². The number of carbonyl (C=O) groups excluding carboxylic acids is 3. The van der Waals surface area contributed by atoms with Crippen LogP contribution in [0.25, 0.3) is 0 Å². The number of fused-ring (bicyclic) bond motifs is 1. The standard InChI is InChI=1S/C16H17FN2O5/c1-19-13(21)10-11(14(19)22)16(7-20,15(23)24-2)18-12(10)8-5-3-4-6-9(8)17/h3-6,10-12,18,20H,7H2,1-2H3. The molecule has 0 radical (unpaired) electrons. The summed E-state index contributed by atoms with van der Waals surface area (Å²) >= 11 is 0. The molecule has 0 aliphatic carbocycles. The van der Waals surface area contributed by atoms with Crippen molar-refractivity contribution >= 4 is 17.8 Å². The van der Waals surface area contributed by atoms with Gasteiger partial charge in [-0.3, -0.25) is 19.8 Å². The van der Waals surface area contributed by atoms with Crippen molar-refractivity contribution in [3.63, 3.8) is 0 Å². The van der Waals surface area contributed by atoms with E-state index >= 15 is 0 Å². The zero-order valence-corrected chi connectivity index (χ0v) is 13.2. The highest BCUT2D eigenvalue weighted by Crippen LogP contribution is 2.48. The van der Waals surface area contributed by atoms with Gasteiger partial charge < -0.3 is 9.84 Å². The van der Waals surface area contributed by atoms with Crippen LogP contribution in [0.2, 0.25) is 0 Å². The van der Waals surface area contributed by atoms with Gasteiger partial charge in [-0.05, 0) is 6.07 Å². The number of esters is 1. The van der Waals surface area contributed by atoms with Crippen LogP contribution in [0, 0.1) is 17.7 Å². The van der Waals surface area contributed by atoms with Gasteiger partial charge in [0.05, 0.1) is 25.6 Å². The van der Waals surface area contributed by atoms with E-state index in [0.29, 0.717) is 0 Å². The van der Waals surface area contributed by atoms with E-state index in [1.54, 1.807) is 6.07 Å². The van der Waals surface area contributed by atoms with E-state index in [1.165, 1.54) is 25.2 Å². The number of ether oxygens (including phenoxy) is 1. The van der Waals surface area contributed by atoms with E-state index in [2.05, 4.69) is 5.32 Å². The van der Waals surface area contributed by atoms with Gasteiger partial charge in [0, 0.05) is 18.7 Å². The van der Waals surface area contributed by atoms with Gasteiger partial charge in [-0.2, -0.15) is 0 Å². The number of halogens is 1. The maximum Gasteiger partial charge on any atom is 0.329 e. The van der Waals surface area contributed by atoms with Crippen molar-refractivity contribution < 1.29 is 28.6 Å². The summed E-state index contributed by atoms with van der Waals surface area (Å²) in [6.07, 6.45) is 0. The highest BCUT2D eigenvalue weighted by molar-refractivity contribution is 6.09. The summed E-state index contributed by atoms with van der Waals surface area (Å²) in [5, 5.41) is 12.7. The molecular weight excluding hydrogens is 319 g/mol. The number of imide groups is 1. The minimum absolute atomic E-state index is 0.156. The fourth-order valence-electron chi connectivity index (χ4n) is 3.72. The van der Waals surface area contributed by atoms with Gasteiger partial charge in [0.15, 0.2) is 5.54 Å². The number of nitrogens with zero attached hydrogens (tertiary/aromatic N) is 1. The molecule has 128 valence electrons. The lowest BCUT2D eigenvalue weighted by atomic mass is 9.79. The first-order valence-electron chi connectivity index (χ1n) is 7.42. The summed E-state index contributed by atoms with van der Waals surface area (Å²) in [5.41, 5.74) is -1.63. The molecule has 2 saturated heterocycles. The van der Waals surface area contributed by atoms with E-state index in [9.17, 15) is 23.9 Å². The Bertz CT molecular complexity index is 724. The second-order valence-electron chi connectivity index (χ2n) is 6.00. The van der Waals surface area contributed by atoms with Crippen molar-refractivity contribution in [2.45, 2.75) is 11.6 Å². The first-order valence-corrected chi connectivity index (χ1v) is 7.42. The molecule has 2 aliphatic rings. The average molecular weight is 336 g/mol. The molecule has 8 heteroatoms. The number of methoxy groups -OCH3 is 1. The largest absolute Gasteiger partial charge is 0.468 e. The number of hydrogen-bond donors (Lipinski definition) is 2. The van der Waals surface area contributed by atoms with Crippen molar-refractivity contribution in [1.29, 1.82) is 0 Å². The number of rotatable bonds is 3. The van der Waals surface area contributed by atoms with Crippen molar-refractivity contribution in [2.24, 2.45) is 11.8 Å². The van der Waals surface area contributed by atoms with Crippen molar-refractivity contribution in [1.82, 2.24) is 10.2 Å². The zero-order chi connectivity index (χ0) is 17.6. The predicted octanol–water partition coefficient (Wildman–Crippen LogP) is -0.395. The second-order valence-corrected chi connectivity index (χ2v) is 6.00. The molecule has 0 aromatic heterocycles. The highest BCUT2D eigenvalue weighted by Gasteiger charge is 2.68. The van der Waals surface area contributed by atoms with Gasteiger partial charge in [-0.15, -0.1) is 0 Å². The lowest BCUT2D eigenvalue weighted by molar-refractivity contribution is -0.156. The van der Waals surface area contributed by atoms with Gasteiger partial charge in [-0.25, -0.2) is 9.18 Å². The topological polar surface area (TPSA) is 95.9 Å². The molecule has 2 fully saturated rings.